The fraction of sp³-hybridized carbons (Fsp3) is 0.0385. The van der Waals surface area contributed by atoms with Gasteiger partial charge >= 0.3 is 0 Å². The second-order valence-corrected chi connectivity index (χ2v) is 7.78. The molecule has 7 nitrogen and oxygen atoms in total. The number of amides is 2. The molecule has 0 bridgehead atoms. The molecule has 0 radical (unpaired) electrons. The quantitative estimate of drug-likeness (QED) is 0.174. The normalized spacial score (nSPS) is 11.5. The first kappa shape index (κ1) is 24.5. The van der Waals surface area contributed by atoms with E-state index in [2.05, 4.69) is 31.8 Å². The monoisotopic (exact) mass is 519 g/mol. The van der Waals surface area contributed by atoms with Crippen molar-refractivity contribution < 1.29 is 19.4 Å². The van der Waals surface area contributed by atoms with E-state index in [1.807, 2.05) is 36.4 Å². The Morgan fingerprint density at radius 2 is 1.68 bits per heavy atom. The van der Waals surface area contributed by atoms with Gasteiger partial charge in [0.15, 0.2) is 11.5 Å². The highest BCUT2D eigenvalue weighted by Gasteiger charge is 2.13. The lowest BCUT2D eigenvalue weighted by molar-refractivity contribution is -0.117. The van der Waals surface area contributed by atoms with Gasteiger partial charge in [0.1, 0.15) is 5.70 Å². The number of phenols is 1. The molecule has 0 saturated heterocycles. The molecule has 3 N–H and O–H groups in total. The molecule has 3 rings (SSSR count). The summed E-state index contributed by atoms with van der Waals surface area (Å²) in [5, 5.41) is 16.5. The molecule has 172 valence electrons. The van der Waals surface area contributed by atoms with Crippen LogP contribution in [0.5, 0.6) is 11.5 Å². The first-order valence-electron chi connectivity index (χ1n) is 10.2. The predicted octanol–water partition coefficient (Wildman–Crippen LogP) is 4.64. The average molecular weight is 520 g/mol. The first-order valence-corrected chi connectivity index (χ1v) is 11.0. The predicted molar refractivity (Wildman–Crippen MR) is 136 cm³/mol. The van der Waals surface area contributed by atoms with E-state index in [0.29, 0.717) is 15.6 Å². The number of carbonyl (C=O) groups excluding carboxylic acids is 2. The number of carbonyl (C=O) groups is 2. The smallest absolute Gasteiger partial charge is 0.287 e. The van der Waals surface area contributed by atoms with E-state index in [1.54, 1.807) is 48.5 Å². The summed E-state index contributed by atoms with van der Waals surface area (Å²) in [5.74, 6) is -0.819. The molecule has 34 heavy (non-hydrogen) atoms. The van der Waals surface area contributed by atoms with Gasteiger partial charge in [-0.3, -0.25) is 9.59 Å². The van der Waals surface area contributed by atoms with Gasteiger partial charge in [-0.2, -0.15) is 5.10 Å². The van der Waals surface area contributed by atoms with Gasteiger partial charge in [-0.25, -0.2) is 5.43 Å². The van der Waals surface area contributed by atoms with E-state index in [4.69, 9.17) is 4.74 Å². The first-order chi connectivity index (χ1) is 16.5. The van der Waals surface area contributed by atoms with E-state index >= 15 is 0 Å². The number of ether oxygens (including phenoxy) is 1. The SMILES string of the molecule is COc1cc(C=NNC(=O)C(=CC=Cc2ccccc2)NC(=O)c2ccccc2)cc(Br)c1O. The lowest BCUT2D eigenvalue weighted by Gasteiger charge is -2.08. The molecule has 8 heteroatoms. The van der Waals surface area contributed by atoms with Crippen LogP contribution >= 0.6 is 15.9 Å². The van der Waals surface area contributed by atoms with Crippen LogP contribution in [0.15, 0.2) is 100 Å². The lowest BCUT2D eigenvalue weighted by atomic mass is 10.2. The van der Waals surface area contributed by atoms with E-state index in [1.165, 1.54) is 19.4 Å². The molecule has 0 spiro atoms. The Kier molecular flexibility index (Phi) is 8.76. The minimum atomic E-state index is -0.608. The summed E-state index contributed by atoms with van der Waals surface area (Å²) in [6.45, 7) is 0. The molecule has 3 aromatic rings. The molecule has 0 saturated carbocycles. The summed E-state index contributed by atoms with van der Waals surface area (Å²) in [4.78, 5) is 25.4. The number of phenolic OH excluding ortho intramolecular Hbond substituents is 1. The summed E-state index contributed by atoms with van der Waals surface area (Å²) in [6.07, 6.45) is 6.37. The summed E-state index contributed by atoms with van der Waals surface area (Å²) < 4.78 is 5.52. The Morgan fingerprint density at radius 3 is 2.35 bits per heavy atom. The van der Waals surface area contributed by atoms with Gasteiger partial charge in [0, 0.05) is 5.56 Å². The highest BCUT2D eigenvalue weighted by Crippen LogP contribution is 2.34. The van der Waals surface area contributed by atoms with E-state index in [9.17, 15) is 14.7 Å². The highest BCUT2D eigenvalue weighted by molar-refractivity contribution is 9.10. The van der Waals surface area contributed by atoms with Crippen molar-refractivity contribution in [2.24, 2.45) is 5.10 Å². The van der Waals surface area contributed by atoms with Gasteiger partial charge in [0.2, 0.25) is 0 Å². The average Bonchev–Trinajstić information content (AvgIpc) is 2.86. The maximum Gasteiger partial charge on any atom is 0.287 e. The number of allylic oxidation sites excluding steroid dienone is 2. The number of benzene rings is 3. The van der Waals surface area contributed by atoms with Crippen LogP contribution < -0.4 is 15.5 Å². The van der Waals surface area contributed by atoms with Crippen LogP contribution in [-0.2, 0) is 4.79 Å². The van der Waals surface area contributed by atoms with Gasteiger partial charge in [-0.05, 0) is 57.4 Å². The van der Waals surface area contributed by atoms with E-state index in [-0.39, 0.29) is 17.2 Å². The van der Waals surface area contributed by atoms with Crippen LogP contribution in [0.4, 0.5) is 0 Å². The minimum absolute atomic E-state index is 0.0163. The van der Waals surface area contributed by atoms with Crippen molar-refractivity contribution in [3.8, 4) is 11.5 Å². The van der Waals surface area contributed by atoms with E-state index < -0.39 is 11.8 Å². The van der Waals surface area contributed by atoms with Crippen molar-refractivity contribution in [2.75, 3.05) is 7.11 Å². The summed E-state index contributed by atoms with van der Waals surface area (Å²) in [7, 11) is 1.43. The summed E-state index contributed by atoms with van der Waals surface area (Å²) in [6, 6.07) is 21.3. The number of halogens is 1. The molecule has 0 fully saturated rings. The molecule has 0 aromatic heterocycles. The zero-order valence-electron chi connectivity index (χ0n) is 18.2. The minimum Gasteiger partial charge on any atom is -0.503 e. The summed E-state index contributed by atoms with van der Waals surface area (Å²) in [5.41, 5.74) is 4.35. The number of hydrogen-bond donors (Lipinski definition) is 3. The number of nitrogens with zero attached hydrogens (tertiary/aromatic N) is 1. The standard InChI is InChI=1S/C26H22BrN3O4/c1-34-23-16-19(15-21(27)24(23)31)17-28-30-26(33)22(14-8-11-18-9-4-2-5-10-18)29-25(32)20-12-6-3-7-13-20/h2-17,31H,1H3,(H,29,32)(H,30,33). The van der Waals surface area contributed by atoms with Gasteiger partial charge < -0.3 is 15.2 Å². The maximum absolute atomic E-state index is 12.8. The number of nitrogens with one attached hydrogen (secondary N) is 2. The molecule has 0 aliphatic rings. The van der Waals surface area contributed by atoms with Crippen LogP contribution in [0.3, 0.4) is 0 Å². The second-order valence-electron chi connectivity index (χ2n) is 6.92. The number of aromatic hydroxyl groups is 1. The lowest BCUT2D eigenvalue weighted by Crippen LogP contribution is -2.32. The summed E-state index contributed by atoms with van der Waals surface area (Å²) >= 11 is 3.24. The van der Waals surface area contributed by atoms with Crippen molar-refractivity contribution in [3.05, 3.63) is 112 Å². The van der Waals surface area contributed by atoms with E-state index in [0.717, 1.165) is 5.56 Å². The van der Waals surface area contributed by atoms with Crippen molar-refractivity contribution >= 4 is 40.0 Å². The molecule has 0 atom stereocenters. The molecule has 0 aliphatic heterocycles. The fourth-order valence-corrected chi connectivity index (χ4v) is 3.29. The topological polar surface area (TPSA) is 100 Å². The van der Waals surface area contributed by atoms with Gasteiger partial charge in [0.25, 0.3) is 11.8 Å². The number of rotatable bonds is 8. The maximum atomic E-state index is 12.8. The van der Waals surface area contributed by atoms with Gasteiger partial charge in [0.05, 0.1) is 17.8 Å². The molecule has 3 aromatic carbocycles. The second kappa shape index (κ2) is 12.2. The van der Waals surface area contributed by atoms with Crippen LogP contribution in [0.25, 0.3) is 6.08 Å². The Labute approximate surface area is 205 Å². The number of methoxy groups -OCH3 is 1. The van der Waals surface area contributed by atoms with Crippen LogP contribution in [0.2, 0.25) is 0 Å². The highest BCUT2D eigenvalue weighted by atomic mass is 79.9. The third kappa shape index (κ3) is 6.91. The molecule has 2 amide bonds. The number of hydrogen-bond acceptors (Lipinski definition) is 5. The van der Waals surface area contributed by atoms with Gasteiger partial charge in [-0.1, -0.05) is 60.7 Å². The molecular weight excluding hydrogens is 498 g/mol. The Bertz CT molecular complexity index is 1240. The fourth-order valence-electron chi connectivity index (χ4n) is 2.83. The zero-order chi connectivity index (χ0) is 24.3. The third-order valence-corrected chi connectivity index (χ3v) is 5.13. The van der Waals surface area contributed by atoms with Crippen LogP contribution in [-0.4, -0.2) is 30.2 Å². The van der Waals surface area contributed by atoms with Crippen molar-refractivity contribution in [1.29, 1.82) is 0 Å². The largest absolute Gasteiger partial charge is 0.503 e. The van der Waals surface area contributed by atoms with Crippen molar-refractivity contribution in [3.63, 3.8) is 0 Å². The Hall–Kier alpha value is -4.17. The van der Waals surface area contributed by atoms with Crippen LogP contribution in [0, 0.1) is 0 Å². The Morgan fingerprint density at radius 1 is 1.00 bits per heavy atom. The molecule has 0 aliphatic carbocycles. The molecule has 0 heterocycles. The molecular formula is C26H22BrN3O4. The van der Waals surface area contributed by atoms with Gasteiger partial charge in [-0.15, -0.1) is 0 Å². The Balaban J connectivity index is 1.77. The zero-order valence-corrected chi connectivity index (χ0v) is 19.8. The third-order valence-electron chi connectivity index (χ3n) is 4.53. The van der Waals surface area contributed by atoms with Crippen molar-refractivity contribution in [2.45, 2.75) is 0 Å². The van der Waals surface area contributed by atoms with Crippen LogP contribution in [0.1, 0.15) is 21.5 Å². The van der Waals surface area contributed by atoms with Crippen molar-refractivity contribution in [1.82, 2.24) is 10.7 Å². The number of hydrazone groups is 1. The molecule has 0 unspecified atom stereocenters.